The Morgan fingerprint density at radius 3 is 2.03 bits per heavy atom. The van der Waals surface area contributed by atoms with Crippen molar-refractivity contribution in [3.63, 3.8) is 0 Å². The summed E-state index contributed by atoms with van der Waals surface area (Å²) in [7, 11) is 0. The quantitative estimate of drug-likeness (QED) is 0.237. The van der Waals surface area contributed by atoms with E-state index in [1.807, 2.05) is 17.5 Å². The third-order valence-corrected chi connectivity index (χ3v) is 8.17. The van der Waals surface area contributed by atoms with Gasteiger partial charge in [0.25, 0.3) is 0 Å². The SMILES string of the molecule is CC(C)c1cc(-c2ccc3c(c2)sc2ccccc23)cc(C(C)C)c1-n1ccnc1-c1ccccc1. The van der Waals surface area contributed by atoms with Crippen LogP contribution in [0.1, 0.15) is 50.7 Å². The van der Waals surface area contributed by atoms with E-state index in [1.54, 1.807) is 0 Å². The van der Waals surface area contributed by atoms with Crippen molar-refractivity contribution >= 4 is 31.5 Å². The van der Waals surface area contributed by atoms with Crippen molar-refractivity contribution in [2.24, 2.45) is 0 Å². The van der Waals surface area contributed by atoms with Gasteiger partial charge in [-0.25, -0.2) is 4.98 Å². The summed E-state index contributed by atoms with van der Waals surface area (Å²) in [5.74, 6) is 1.73. The van der Waals surface area contributed by atoms with Crippen LogP contribution in [0.3, 0.4) is 0 Å². The highest BCUT2D eigenvalue weighted by Crippen LogP contribution is 2.40. The Balaban J connectivity index is 1.56. The van der Waals surface area contributed by atoms with E-state index in [4.69, 9.17) is 4.98 Å². The first-order chi connectivity index (χ1) is 17.5. The summed E-state index contributed by atoms with van der Waals surface area (Å²) in [4.78, 5) is 4.76. The van der Waals surface area contributed by atoms with Crippen LogP contribution in [0, 0.1) is 0 Å². The van der Waals surface area contributed by atoms with Crippen molar-refractivity contribution in [1.82, 2.24) is 9.55 Å². The highest BCUT2D eigenvalue weighted by molar-refractivity contribution is 7.25. The molecule has 0 saturated heterocycles. The smallest absolute Gasteiger partial charge is 0.144 e. The van der Waals surface area contributed by atoms with Gasteiger partial charge in [0, 0.05) is 38.1 Å². The first-order valence-corrected chi connectivity index (χ1v) is 13.5. The number of imidazole rings is 1. The van der Waals surface area contributed by atoms with E-state index in [-0.39, 0.29) is 0 Å². The fourth-order valence-corrected chi connectivity index (χ4v) is 6.34. The van der Waals surface area contributed by atoms with E-state index >= 15 is 0 Å². The number of hydrogen-bond donors (Lipinski definition) is 0. The van der Waals surface area contributed by atoms with Crippen molar-refractivity contribution in [3.05, 3.63) is 108 Å². The number of thiophene rings is 1. The topological polar surface area (TPSA) is 17.8 Å². The van der Waals surface area contributed by atoms with Crippen LogP contribution in [-0.4, -0.2) is 9.55 Å². The molecule has 3 heteroatoms. The van der Waals surface area contributed by atoms with Gasteiger partial charge in [-0.05, 0) is 58.4 Å². The van der Waals surface area contributed by atoms with E-state index in [1.165, 1.54) is 48.1 Å². The largest absolute Gasteiger partial charge is 0.299 e. The van der Waals surface area contributed by atoms with Crippen LogP contribution in [0.25, 0.3) is 48.4 Å². The number of benzene rings is 4. The Labute approximate surface area is 216 Å². The minimum atomic E-state index is 0.372. The maximum Gasteiger partial charge on any atom is 0.144 e. The van der Waals surface area contributed by atoms with Crippen LogP contribution in [0.4, 0.5) is 0 Å². The van der Waals surface area contributed by atoms with Gasteiger partial charge >= 0.3 is 0 Å². The number of aromatic nitrogens is 2. The van der Waals surface area contributed by atoms with Crippen molar-refractivity contribution in [2.75, 3.05) is 0 Å². The van der Waals surface area contributed by atoms with Crippen LogP contribution < -0.4 is 0 Å². The molecule has 2 nitrogen and oxygen atoms in total. The Morgan fingerprint density at radius 1 is 0.639 bits per heavy atom. The highest BCUT2D eigenvalue weighted by Gasteiger charge is 2.21. The van der Waals surface area contributed by atoms with Crippen molar-refractivity contribution in [2.45, 2.75) is 39.5 Å². The molecule has 4 aromatic carbocycles. The van der Waals surface area contributed by atoms with Crippen molar-refractivity contribution in [3.8, 4) is 28.2 Å². The van der Waals surface area contributed by atoms with Crippen LogP contribution in [0.2, 0.25) is 0 Å². The highest BCUT2D eigenvalue weighted by atomic mass is 32.1. The molecule has 6 rings (SSSR count). The monoisotopic (exact) mass is 486 g/mol. The summed E-state index contributed by atoms with van der Waals surface area (Å²) in [6.45, 7) is 9.17. The molecule has 0 aliphatic rings. The predicted octanol–water partition coefficient (Wildman–Crippen LogP) is 9.82. The second-order valence-electron chi connectivity index (χ2n) is 10.1. The standard InChI is InChI=1S/C33H30N2S/c1-21(2)28-18-25(24-14-15-27-26-12-8-9-13-30(26)36-31(27)20-24)19-29(22(3)4)32(28)35-17-16-34-33(35)23-10-6-5-7-11-23/h5-22H,1-4H3. The first kappa shape index (κ1) is 22.8. The molecule has 0 aliphatic carbocycles. The third kappa shape index (κ3) is 3.84. The van der Waals surface area contributed by atoms with E-state index in [0.29, 0.717) is 11.8 Å². The molecule has 178 valence electrons. The second-order valence-corrected chi connectivity index (χ2v) is 11.2. The average Bonchev–Trinajstić information content (AvgIpc) is 3.52. The zero-order valence-electron chi connectivity index (χ0n) is 21.2. The predicted molar refractivity (Wildman–Crippen MR) is 156 cm³/mol. The molecule has 0 radical (unpaired) electrons. The van der Waals surface area contributed by atoms with E-state index < -0.39 is 0 Å². The van der Waals surface area contributed by atoms with Gasteiger partial charge in [0.2, 0.25) is 0 Å². The molecule has 2 heterocycles. The van der Waals surface area contributed by atoms with Crippen LogP contribution in [-0.2, 0) is 0 Å². The Hall–Kier alpha value is -3.69. The summed E-state index contributed by atoms with van der Waals surface area (Å²) < 4.78 is 4.98. The van der Waals surface area contributed by atoms with E-state index in [2.05, 4.69) is 123 Å². The summed E-state index contributed by atoms with van der Waals surface area (Å²) >= 11 is 1.88. The van der Waals surface area contributed by atoms with Gasteiger partial charge in [0.15, 0.2) is 0 Å². The molecule has 0 fully saturated rings. The van der Waals surface area contributed by atoms with Gasteiger partial charge in [-0.15, -0.1) is 11.3 Å². The fraction of sp³-hybridized carbons (Fsp3) is 0.182. The van der Waals surface area contributed by atoms with Gasteiger partial charge in [0.05, 0.1) is 5.69 Å². The fourth-order valence-electron chi connectivity index (χ4n) is 5.20. The normalized spacial score (nSPS) is 11.8. The summed E-state index contributed by atoms with van der Waals surface area (Å²) in [6.07, 6.45) is 4.03. The minimum absolute atomic E-state index is 0.372. The molecule has 6 aromatic rings. The summed E-state index contributed by atoms with van der Waals surface area (Å²) in [6, 6.07) is 30.9. The second kappa shape index (κ2) is 9.07. The van der Waals surface area contributed by atoms with Gasteiger partial charge in [0.1, 0.15) is 5.82 Å². The van der Waals surface area contributed by atoms with Crippen molar-refractivity contribution < 1.29 is 0 Å². The first-order valence-electron chi connectivity index (χ1n) is 12.7. The molecule has 0 N–H and O–H groups in total. The Morgan fingerprint density at radius 2 is 1.31 bits per heavy atom. The Bertz CT molecular complexity index is 1660. The maximum atomic E-state index is 4.76. The molecule has 0 atom stereocenters. The number of rotatable bonds is 5. The van der Waals surface area contributed by atoms with Gasteiger partial charge < -0.3 is 0 Å². The molecule has 0 saturated carbocycles. The zero-order valence-corrected chi connectivity index (χ0v) is 22.0. The van der Waals surface area contributed by atoms with Gasteiger partial charge in [-0.2, -0.15) is 0 Å². The third-order valence-electron chi connectivity index (χ3n) is 7.04. The minimum Gasteiger partial charge on any atom is -0.299 e. The van der Waals surface area contributed by atoms with Crippen LogP contribution >= 0.6 is 11.3 Å². The summed E-state index contributed by atoms with van der Waals surface area (Å²) in [5.41, 5.74) is 7.66. The Kier molecular flexibility index (Phi) is 5.73. The lowest BCUT2D eigenvalue weighted by Crippen LogP contribution is -2.08. The maximum absolute atomic E-state index is 4.76. The van der Waals surface area contributed by atoms with Crippen LogP contribution in [0.15, 0.2) is 97.3 Å². The lowest BCUT2D eigenvalue weighted by molar-refractivity contribution is 0.807. The molecule has 0 unspecified atom stereocenters. The average molecular weight is 487 g/mol. The zero-order chi connectivity index (χ0) is 24.8. The molecular formula is C33H30N2S. The summed E-state index contributed by atoms with van der Waals surface area (Å²) in [5, 5.41) is 2.69. The van der Waals surface area contributed by atoms with E-state index in [9.17, 15) is 0 Å². The van der Waals surface area contributed by atoms with Gasteiger partial charge in [-0.3, -0.25) is 4.57 Å². The van der Waals surface area contributed by atoms with Crippen molar-refractivity contribution in [1.29, 1.82) is 0 Å². The number of nitrogens with zero attached hydrogens (tertiary/aromatic N) is 2. The molecule has 0 spiro atoms. The lowest BCUT2D eigenvalue weighted by atomic mass is 9.88. The molecule has 0 amide bonds. The number of fused-ring (bicyclic) bond motifs is 3. The molecule has 36 heavy (non-hydrogen) atoms. The number of hydrogen-bond acceptors (Lipinski definition) is 2. The molecule has 0 aliphatic heterocycles. The van der Waals surface area contributed by atoms with Gasteiger partial charge in [-0.1, -0.05) is 88.4 Å². The molecular weight excluding hydrogens is 456 g/mol. The van der Waals surface area contributed by atoms with E-state index in [0.717, 1.165) is 11.4 Å². The molecule has 0 bridgehead atoms. The molecule has 2 aromatic heterocycles. The lowest BCUT2D eigenvalue weighted by Gasteiger charge is -2.23. The van der Waals surface area contributed by atoms with Crippen LogP contribution in [0.5, 0.6) is 0 Å².